The minimum Gasteiger partial charge on any atom is -0.339 e. The van der Waals surface area contributed by atoms with Crippen LogP contribution in [0.15, 0.2) is 72.8 Å². The van der Waals surface area contributed by atoms with Gasteiger partial charge in [0.25, 0.3) is 0 Å². The van der Waals surface area contributed by atoms with E-state index in [-0.39, 0.29) is 0 Å². The van der Waals surface area contributed by atoms with E-state index in [1.54, 1.807) is 4.68 Å². The lowest BCUT2D eigenvalue weighted by Gasteiger charge is -2.05. The van der Waals surface area contributed by atoms with E-state index in [2.05, 4.69) is 66.7 Å². The third-order valence-corrected chi connectivity index (χ3v) is 4.06. The monoisotopic (exact) mass is 272 g/mol. The lowest BCUT2D eigenvalue weighted by molar-refractivity contribution is 1.12. The van der Waals surface area contributed by atoms with E-state index in [4.69, 9.17) is 5.84 Å². The molecule has 3 aromatic carbocycles. The van der Waals surface area contributed by atoms with Gasteiger partial charge in [-0.1, -0.05) is 60.7 Å². The molecule has 102 valence electrons. The van der Waals surface area contributed by atoms with Crippen LogP contribution in [0.4, 0.5) is 0 Å². The van der Waals surface area contributed by atoms with Crippen LogP contribution in [0.5, 0.6) is 0 Å². The highest BCUT2D eigenvalue weighted by Crippen LogP contribution is 2.31. The van der Waals surface area contributed by atoms with Crippen molar-refractivity contribution in [1.82, 2.24) is 4.68 Å². The highest BCUT2D eigenvalue weighted by atomic mass is 15.3. The van der Waals surface area contributed by atoms with Gasteiger partial charge in [0.1, 0.15) is 0 Å². The molecule has 2 nitrogen and oxygen atoms in total. The highest BCUT2D eigenvalue weighted by molar-refractivity contribution is 6.09. The number of benzene rings is 3. The molecule has 1 heterocycles. The molecule has 0 aliphatic heterocycles. The van der Waals surface area contributed by atoms with Crippen molar-refractivity contribution < 1.29 is 0 Å². The molecular formula is C19H16N2. The summed E-state index contributed by atoms with van der Waals surface area (Å²) in [6.07, 6.45) is 0.923. The fourth-order valence-electron chi connectivity index (χ4n) is 3.09. The third kappa shape index (κ3) is 1.88. The van der Waals surface area contributed by atoms with Crippen molar-refractivity contribution in [3.63, 3.8) is 0 Å². The van der Waals surface area contributed by atoms with Crippen LogP contribution in [0.2, 0.25) is 0 Å². The van der Waals surface area contributed by atoms with Crippen LogP contribution >= 0.6 is 0 Å². The lowest BCUT2D eigenvalue weighted by atomic mass is 10.00. The topological polar surface area (TPSA) is 30.9 Å². The predicted octanol–water partition coefficient (Wildman–Crippen LogP) is 4.10. The molecule has 0 aliphatic rings. The Bertz CT molecular complexity index is 920. The first-order valence-corrected chi connectivity index (χ1v) is 7.14. The Balaban J connectivity index is 1.99. The molecule has 0 atom stereocenters. The van der Waals surface area contributed by atoms with Crippen LogP contribution in [-0.2, 0) is 6.42 Å². The maximum Gasteiger partial charge on any atom is 0.0706 e. The van der Waals surface area contributed by atoms with E-state index in [1.807, 2.05) is 6.07 Å². The molecule has 2 heteroatoms. The second kappa shape index (κ2) is 4.67. The standard InChI is InChI=1S/C19H16N2/c20-21-17-11-5-4-10-16(17)19-15(9-6-12-18(19)21)13-14-7-2-1-3-8-14/h1-12H,13,20H2. The molecule has 0 bridgehead atoms. The number of hydrogen-bond acceptors (Lipinski definition) is 1. The maximum absolute atomic E-state index is 6.25. The van der Waals surface area contributed by atoms with E-state index in [0.717, 1.165) is 17.5 Å². The summed E-state index contributed by atoms with van der Waals surface area (Å²) in [5.41, 5.74) is 4.80. The molecule has 0 saturated carbocycles. The quantitative estimate of drug-likeness (QED) is 0.547. The molecule has 0 spiro atoms. The fraction of sp³-hybridized carbons (Fsp3) is 0.0526. The summed E-state index contributed by atoms with van der Waals surface area (Å²) in [5, 5.41) is 2.49. The zero-order chi connectivity index (χ0) is 14.2. The van der Waals surface area contributed by atoms with E-state index in [9.17, 15) is 0 Å². The van der Waals surface area contributed by atoms with Crippen molar-refractivity contribution in [2.24, 2.45) is 0 Å². The normalized spacial score (nSPS) is 11.2. The fourth-order valence-corrected chi connectivity index (χ4v) is 3.09. The van der Waals surface area contributed by atoms with Crippen molar-refractivity contribution in [3.05, 3.63) is 83.9 Å². The van der Waals surface area contributed by atoms with Gasteiger partial charge in [0.05, 0.1) is 11.0 Å². The van der Waals surface area contributed by atoms with Gasteiger partial charge in [0.2, 0.25) is 0 Å². The number of nitrogen functional groups attached to an aromatic ring is 1. The molecule has 0 unspecified atom stereocenters. The Hall–Kier alpha value is -2.74. The van der Waals surface area contributed by atoms with Gasteiger partial charge in [0.15, 0.2) is 0 Å². The number of rotatable bonds is 2. The van der Waals surface area contributed by atoms with Crippen LogP contribution in [0, 0.1) is 0 Å². The van der Waals surface area contributed by atoms with Gasteiger partial charge < -0.3 is 5.84 Å². The molecule has 4 rings (SSSR count). The average molecular weight is 272 g/mol. The Morgan fingerprint density at radius 3 is 2.29 bits per heavy atom. The molecule has 0 aliphatic carbocycles. The summed E-state index contributed by atoms with van der Waals surface area (Å²) in [6, 6.07) is 25.2. The first kappa shape index (κ1) is 12.0. The Morgan fingerprint density at radius 2 is 1.43 bits per heavy atom. The smallest absolute Gasteiger partial charge is 0.0706 e. The third-order valence-electron chi connectivity index (χ3n) is 4.06. The van der Waals surface area contributed by atoms with Gasteiger partial charge in [-0.15, -0.1) is 0 Å². The number of nitrogens with zero attached hydrogens (tertiary/aromatic N) is 1. The number of nitrogens with two attached hydrogens (primary N) is 1. The molecule has 0 radical (unpaired) electrons. The SMILES string of the molecule is Nn1c2ccccc2c2c(Cc3ccccc3)cccc21. The van der Waals surface area contributed by atoms with Crippen LogP contribution in [0.3, 0.4) is 0 Å². The van der Waals surface area contributed by atoms with E-state index in [0.29, 0.717) is 0 Å². The van der Waals surface area contributed by atoms with Crippen LogP contribution in [-0.4, -0.2) is 4.68 Å². The van der Waals surface area contributed by atoms with Gasteiger partial charge in [-0.2, -0.15) is 0 Å². The summed E-state index contributed by atoms with van der Waals surface area (Å²) in [6.45, 7) is 0. The molecular weight excluding hydrogens is 256 g/mol. The molecule has 4 aromatic rings. The summed E-state index contributed by atoms with van der Waals surface area (Å²) >= 11 is 0. The van der Waals surface area contributed by atoms with Crippen LogP contribution < -0.4 is 5.84 Å². The molecule has 1 aromatic heterocycles. The predicted molar refractivity (Wildman–Crippen MR) is 88.8 cm³/mol. The molecule has 21 heavy (non-hydrogen) atoms. The lowest BCUT2D eigenvalue weighted by Crippen LogP contribution is -2.06. The summed E-state index contributed by atoms with van der Waals surface area (Å²) in [5.74, 6) is 6.25. The van der Waals surface area contributed by atoms with E-state index >= 15 is 0 Å². The minimum absolute atomic E-state index is 0.923. The zero-order valence-corrected chi connectivity index (χ0v) is 11.7. The second-order valence-corrected chi connectivity index (χ2v) is 5.36. The first-order valence-electron chi connectivity index (χ1n) is 7.14. The van der Waals surface area contributed by atoms with Crippen molar-refractivity contribution in [2.75, 3.05) is 5.84 Å². The van der Waals surface area contributed by atoms with Gasteiger partial charge in [0, 0.05) is 10.8 Å². The van der Waals surface area contributed by atoms with E-state index in [1.165, 1.54) is 21.9 Å². The minimum atomic E-state index is 0.923. The summed E-state index contributed by atoms with van der Waals surface area (Å²) < 4.78 is 1.79. The van der Waals surface area contributed by atoms with Crippen molar-refractivity contribution >= 4 is 21.8 Å². The summed E-state index contributed by atoms with van der Waals surface area (Å²) in [4.78, 5) is 0. The first-order chi connectivity index (χ1) is 10.3. The van der Waals surface area contributed by atoms with Crippen molar-refractivity contribution in [3.8, 4) is 0 Å². The number of aromatic nitrogens is 1. The average Bonchev–Trinajstić information content (AvgIpc) is 2.83. The van der Waals surface area contributed by atoms with Gasteiger partial charge in [-0.3, -0.25) is 4.68 Å². The number of hydrogen-bond donors (Lipinski definition) is 1. The van der Waals surface area contributed by atoms with Gasteiger partial charge in [-0.05, 0) is 29.7 Å². The Kier molecular flexibility index (Phi) is 2.68. The molecule has 0 fully saturated rings. The summed E-state index contributed by atoms with van der Waals surface area (Å²) in [7, 11) is 0. The maximum atomic E-state index is 6.25. The van der Waals surface area contributed by atoms with Crippen LogP contribution in [0.1, 0.15) is 11.1 Å². The van der Waals surface area contributed by atoms with E-state index < -0.39 is 0 Å². The largest absolute Gasteiger partial charge is 0.339 e. The second-order valence-electron chi connectivity index (χ2n) is 5.36. The number of para-hydroxylation sites is 1. The molecule has 2 N–H and O–H groups in total. The molecule has 0 saturated heterocycles. The highest BCUT2D eigenvalue weighted by Gasteiger charge is 2.11. The van der Waals surface area contributed by atoms with Gasteiger partial charge >= 0.3 is 0 Å². The van der Waals surface area contributed by atoms with Crippen LogP contribution in [0.25, 0.3) is 21.8 Å². The van der Waals surface area contributed by atoms with Crippen molar-refractivity contribution in [2.45, 2.75) is 6.42 Å². The Labute approximate surface area is 123 Å². The van der Waals surface area contributed by atoms with Gasteiger partial charge in [-0.25, -0.2) is 0 Å². The zero-order valence-electron chi connectivity index (χ0n) is 11.7. The van der Waals surface area contributed by atoms with Crippen molar-refractivity contribution in [1.29, 1.82) is 0 Å². The molecule has 0 amide bonds. The Morgan fingerprint density at radius 1 is 0.714 bits per heavy atom. The number of fused-ring (bicyclic) bond motifs is 3.